The third-order valence-corrected chi connectivity index (χ3v) is 6.21. The van der Waals surface area contributed by atoms with Crippen molar-refractivity contribution >= 4 is 35.2 Å². The summed E-state index contributed by atoms with van der Waals surface area (Å²) in [5, 5.41) is 3.69. The Balaban J connectivity index is 2.08. The maximum atomic E-state index is 13.1. The molecule has 0 saturated heterocycles. The van der Waals surface area contributed by atoms with Crippen molar-refractivity contribution in [3.05, 3.63) is 70.2 Å². The van der Waals surface area contributed by atoms with Gasteiger partial charge in [0.1, 0.15) is 6.04 Å². The summed E-state index contributed by atoms with van der Waals surface area (Å²) in [6, 6.07) is 15.2. The minimum atomic E-state index is -0.543. The molecule has 2 rings (SSSR count). The zero-order valence-electron chi connectivity index (χ0n) is 18.2. The molecule has 1 N–H and O–H groups in total. The highest BCUT2D eigenvalue weighted by Crippen LogP contribution is 2.19. The number of carbonyl (C=O) groups excluding carboxylic acids is 2. The van der Waals surface area contributed by atoms with E-state index in [4.69, 9.17) is 11.6 Å². The first-order valence-corrected chi connectivity index (χ1v) is 11.8. The lowest BCUT2D eigenvalue weighted by Gasteiger charge is -2.29. The molecule has 0 aliphatic carbocycles. The average Bonchev–Trinajstić information content (AvgIpc) is 2.71. The molecule has 0 heterocycles. The van der Waals surface area contributed by atoms with E-state index < -0.39 is 6.04 Å². The lowest BCUT2D eigenvalue weighted by molar-refractivity contribution is -0.138. The van der Waals surface area contributed by atoms with Gasteiger partial charge in [-0.05, 0) is 50.5 Å². The fourth-order valence-corrected chi connectivity index (χ4v) is 4.09. The molecule has 0 saturated carbocycles. The molecule has 4 nitrogen and oxygen atoms in total. The zero-order chi connectivity index (χ0) is 22.1. The van der Waals surface area contributed by atoms with Gasteiger partial charge < -0.3 is 10.2 Å². The Labute approximate surface area is 189 Å². The monoisotopic (exact) mass is 446 g/mol. The van der Waals surface area contributed by atoms with Gasteiger partial charge in [-0.25, -0.2) is 0 Å². The Bertz CT molecular complexity index is 859. The zero-order valence-corrected chi connectivity index (χ0v) is 19.7. The summed E-state index contributed by atoms with van der Waals surface area (Å²) in [6.07, 6.45) is 0.847. The summed E-state index contributed by atoms with van der Waals surface area (Å²) in [4.78, 5) is 27.5. The number of thioether (sulfide) groups is 1. The maximum Gasteiger partial charge on any atom is 0.242 e. The van der Waals surface area contributed by atoms with Crippen LogP contribution < -0.4 is 5.32 Å². The van der Waals surface area contributed by atoms with Crippen LogP contribution in [0.2, 0.25) is 5.02 Å². The van der Waals surface area contributed by atoms with Crippen LogP contribution in [0.4, 0.5) is 0 Å². The molecule has 2 unspecified atom stereocenters. The quantitative estimate of drug-likeness (QED) is 0.544. The number of rotatable bonds is 10. The van der Waals surface area contributed by atoms with Crippen LogP contribution in [0.3, 0.4) is 0 Å². The van der Waals surface area contributed by atoms with Gasteiger partial charge in [0.05, 0.1) is 5.75 Å². The van der Waals surface area contributed by atoms with E-state index >= 15 is 0 Å². The van der Waals surface area contributed by atoms with Crippen LogP contribution >= 0.6 is 23.4 Å². The third-order valence-electron chi connectivity index (χ3n) is 4.99. The van der Waals surface area contributed by atoms with Crippen molar-refractivity contribution in [2.45, 2.75) is 58.5 Å². The van der Waals surface area contributed by atoms with E-state index in [1.165, 1.54) is 11.8 Å². The SMILES string of the molecule is CCC(C)NC(=O)C(C)N(Cc1cccc(C)c1)C(=O)CSCc1cccc(Cl)c1. The van der Waals surface area contributed by atoms with Crippen molar-refractivity contribution in [1.82, 2.24) is 10.2 Å². The van der Waals surface area contributed by atoms with Crippen molar-refractivity contribution in [1.29, 1.82) is 0 Å². The number of nitrogens with zero attached hydrogens (tertiary/aromatic N) is 1. The summed E-state index contributed by atoms with van der Waals surface area (Å²) in [5.74, 6) is 0.831. The van der Waals surface area contributed by atoms with E-state index in [0.717, 1.165) is 23.1 Å². The molecule has 2 amide bonds. The Kier molecular flexibility index (Phi) is 9.73. The number of hydrogen-bond acceptors (Lipinski definition) is 3. The van der Waals surface area contributed by atoms with Crippen molar-refractivity contribution in [2.24, 2.45) is 0 Å². The van der Waals surface area contributed by atoms with Gasteiger partial charge in [0, 0.05) is 23.4 Å². The van der Waals surface area contributed by atoms with Gasteiger partial charge in [-0.3, -0.25) is 9.59 Å². The van der Waals surface area contributed by atoms with Crippen LogP contribution in [0.25, 0.3) is 0 Å². The van der Waals surface area contributed by atoms with Gasteiger partial charge in [-0.1, -0.05) is 60.5 Å². The van der Waals surface area contributed by atoms with Crippen molar-refractivity contribution < 1.29 is 9.59 Å². The molecular weight excluding hydrogens is 416 g/mol. The van der Waals surface area contributed by atoms with Gasteiger partial charge in [-0.15, -0.1) is 11.8 Å². The molecule has 0 fully saturated rings. The fraction of sp³-hybridized carbons (Fsp3) is 0.417. The second-order valence-corrected chi connectivity index (χ2v) is 9.05. The minimum Gasteiger partial charge on any atom is -0.352 e. The number of carbonyl (C=O) groups is 2. The summed E-state index contributed by atoms with van der Waals surface area (Å²) in [5.41, 5.74) is 3.23. The van der Waals surface area contributed by atoms with Crippen LogP contribution in [-0.2, 0) is 21.9 Å². The Hall–Kier alpha value is -1.98. The molecule has 6 heteroatoms. The first-order valence-electron chi connectivity index (χ1n) is 10.3. The molecular formula is C24H31ClN2O2S. The number of amides is 2. The predicted molar refractivity (Wildman–Crippen MR) is 127 cm³/mol. The number of halogens is 1. The summed E-state index contributed by atoms with van der Waals surface area (Å²) in [6.45, 7) is 8.23. The normalized spacial score (nSPS) is 12.8. The standard InChI is InChI=1S/C24H31ClN2O2S/c1-5-18(3)26-24(29)19(4)27(14-20-9-6-8-17(2)12-20)23(28)16-30-15-21-10-7-11-22(25)13-21/h6-13,18-19H,5,14-16H2,1-4H3,(H,26,29). The van der Waals surface area contributed by atoms with E-state index in [9.17, 15) is 9.59 Å². The first-order chi connectivity index (χ1) is 14.3. The highest BCUT2D eigenvalue weighted by atomic mass is 35.5. The molecule has 0 aromatic heterocycles. The molecule has 30 heavy (non-hydrogen) atoms. The highest BCUT2D eigenvalue weighted by molar-refractivity contribution is 7.99. The second-order valence-electron chi connectivity index (χ2n) is 7.63. The van der Waals surface area contributed by atoms with Crippen molar-refractivity contribution in [3.63, 3.8) is 0 Å². The van der Waals surface area contributed by atoms with E-state index in [-0.39, 0.29) is 17.9 Å². The molecule has 0 radical (unpaired) electrons. The van der Waals surface area contributed by atoms with Gasteiger partial charge in [0.15, 0.2) is 0 Å². The Morgan fingerprint density at radius 3 is 2.47 bits per heavy atom. The van der Waals surface area contributed by atoms with Gasteiger partial charge in [0.25, 0.3) is 0 Å². The summed E-state index contributed by atoms with van der Waals surface area (Å²) < 4.78 is 0. The minimum absolute atomic E-state index is 0.0460. The maximum absolute atomic E-state index is 13.1. The molecule has 0 aliphatic rings. The highest BCUT2D eigenvalue weighted by Gasteiger charge is 2.26. The van der Waals surface area contributed by atoms with Crippen LogP contribution in [0.1, 0.15) is 43.9 Å². The van der Waals surface area contributed by atoms with Crippen LogP contribution in [-0.4, -0.2) is 34.6 Å². The molecule has 2 atom stereocenters. The van der Waals surface area contributed by atoms with Gasteiger partial charge in [0.2, 0.25) is 11.8 Å². The summed E-state index contributed by atoms with van der Waals surface area (Å²) >= 11 is 7.57. The van der Waals surface area contributed by atoms with Gasteiger partial charge >= 0.3 is 0 Å². The average molecular weight is 447 g/mol. The van der Waals surface area contributed by atoms with E-state index in [1.807, 2.05) is 63.2 Å². The summed E-state index contributed by atoms with van der Waals surface area (Å²) in [7, 11) is 0. The van der Waals surface area contributed by atoms with Crippen LogP contribution in [0.15, 0.2) is 48.5 Å². The fourth-order valence-electron chi connectivity index (χ4n) is 3.02. The molecule has 2 aromatic rings. The van der Waals surface area contributed by atoms with Crippen molar-refractivity contribution in [2.75, 3.05) is 5.75 Å². The molecule has 0 bridgehead atoms. The number of hydrogen-bond donors (Lipinski definition) is 1. The van der Waals surface area contributed by atoms with Crippen LogP contribution in [0, 0.1) is 6.92 Å². The lowest BCUT2D eigenvalue weighted by atomic mass is 10.1. The number of benzene rings is 2. The Morgan fingerprint density at radius 1 is 1.10 bits per heavy atom. The van der Waals surface area contributed by atoms with E-state index in [1.54, 1.807) is 11.8 Å². The molecule has 0 spiro atoms. The molecule has 162 valence electrons. The lowest BCUT2D eigenvalue weighted by Crippen LogP contribution is -2.50. The molecule has 0 aliphatic heterocycles. The van der Waals surface area contributed by atoms with E-state index in [2.05, 4.69) is 11.4 Å². The molecule has 2 aromatic carbocycles. The third kappa shape index (κ3) is 7.69. The number of nitrogens with one attached hydrogen (secondary N) is 1. The number of aryl methyl sites for hydroxylation is 1. The first kappa shape index (κ1) is 24.3. The topological polar surface area (TPSA) is 49.4 Å². The van der Waals surface area contributed by atoms with Crippen molar-refractivity contribution in [3.8, 4) is 0 Å². The Morgan fingerprint density at radius 2 is 1.80 bits per heavy atom. The van der Waals surface area contributed by atoms with Crippen LogP contribution in [0.5, 0.6) is 0 Å². The predicted octanol–water partition coefficient (Wildman–Crippen LogP) is 5.21. The van der Waals surface area contributed by atoms with Gasteiger partial charge in [-0.2, -0.15) is 0 Å². The smallest absolute Gasteiger partial charge is 0.242 e. The van der Waals surface area contributed by atoms with E-state index in [0.29, 0.717) is 23.1 Å². The largest absolute Gasteiger partial charge is 0.352 e. The second kappa shape index (κ2) is 12.0.